The van der Waals surface area contributed by atoms with Crippen molar-refractivity contribution in [3.63, 3.8) is 0 Å². The van der Waals surface area contributed by atoms with E-state index in [9.17, 15) is 43.2 Å². The Morgan fingerprint density at radius 1 is 0.315 bits per heavy atom. The van der Waals surface area contributed by atoms with Gasteiger partial charge in [0, 0.05) is 25.7 Å². The molecule has 7 atom stereocenters. The van der Waals surface area contributed by atoms with Crippen LogP contribution in [0.3, 0.4) is 0 Å². The number of aliphatic hydroxyl groups is 1. The fourth-order valence-electron chi connectivity index (χ4n) is 11.0. The smallest absolute Gasteiger partial charge is 0.462 e. The summed E-state index contributed by atoms with van der Waals surface area (Å²) >= 11 is 0. The second-order valence-electron chi connectivity index (χ2n) is 27.3. The molecule has 0 amide bonds. The lowest BCUT2D eigenvalue weighted by Gasteiger charge is -2.21. The fraction of sp³-hybridized carbons (Fsp3) is 0.945. The van der Waals surface area contributed by atoms with Gasteiger partial charge in [0.15, 0.2) is 12.2 Å². The summed E-state index contributed by atoms with van der Waals surface area (Å²) in [5.74, 6) is 0.218. The molecular weight excluding hydrogens is 1210 g/mol. The highest BCUT2D eigenvalue weighted by atomic mass is 31.2. The second-order valence-corrected chi connectivity index (χ2v) is 30.2. The third-order valence-electron chi connectivity index (χ3n) is 17.6. The minimum absolute atomic E-state index is 0.106. The molecule has 0 bridgehead atoms. The van der Waals surface area contributed by atoms with E-state index in [1.54, 1.807) is 0 Å². The maximum Gasteiger partial charge on any atom is 0.472 e. The van der Waals surface area contributed by atoms with Crippen LogP contribution in [0.4, 0.5) is 0 Å². The topological polar surface area (TPSA) is 237 Å². The molecule has 19 heteroatoms. The molecule has 17 nitrogen and oxygen atoms in total. The molecule has 92 heavy (non-hydrogen) atoms. The Kier molecular flexibility index (Phi) is 62.4. The Morgan fingerprint density at radius 2 is 0.554 bits per heavy atom. The molecule has 0 aliphatic carbocycles. The van der Waals surface area contributed by atoms with Gasteiger partial charge in [0.05, 0.1) is 26.4 Å². The monoisotopic (exact) mass is 1350 g/mol. The van der Waals surface area contributed by atoms with Crippen molar-refractivity contribution in [2.24, 2.45) is 17.8 Å². The number of rotatable bonds is 71. The number of esters is 4. The Morgan fingerprint density at radius 3 is 0.826 bits per heavy atom. The molecule has 4 unspecified atom stereocenters. The molecule has 0 saturated carbocycles. The Labute approximate surface area is 562 Å². The van der Waals surface area contributed by atoms with Crippen molar-refractivity contribution in [3.8, 4) is 0 Å². The molecule has 0 aromatic heterocycles. The van der Waals surface area contributed by atoms with Gasteiger partial charge in [0.1, 0.15) is 19.3 Å². The van der Waals surface area contributed by atoms with Gasteiger partial charge in [0.2, 0.25) is 0 Å². The first-order chi connectivity index (χ1) is 44.3. The van der Waals surface area contributed by atoms with Gasteiger partial charge in [-0.3, -0.25) is 37.3 Å². The zero-order chi connectivity index (χ0) is 68.0. The average Bonchev–Trinajstić information content (AvgIpc) is 3.66. The zero-order valence-corrected chi connectivity index (χ0v) is 61.8. The number of unbranched alkanes of at least 4 members (excludes halogenated alkanes) is 37. The molecule has 0 rings (SSSR count). The quantitative estimate of drug-likeness (QED) is 0.0222. The van der Waals surface area contributed by atoms with E-state index < -0.39 is 97.5 Å². The van der Waals surface area contributed by atoms with Crippen LogP contribution in [0.5, 0.6) is 0 Å². The Balaban J connectivity index is 5.28. The zero-order valence-electron chi connectivity index (χ0n) is 60.0. The normalized spacial score (nSPS) is 14.7. The predicted octanol–water partition coefficient (Wildman–Crippen LogP) is 21.0. The first kappa shape index (κ1) is 90.1. The van der Waals surface area contributed by atoms with Crippen molar-refractivity contribution in [2.75, 3.05) is 39.6 Å². The predicted molar refractivity (Wildman–Crippen MR) is 372 cm³/mol. The van der Waals surface area contributed by atoms with E-state index in [0.717, 1.165) is 108 Å². The molecule has 0 spiro atoms. The van der Waals surface area contributed by atoms with Crippen LogP contribution in [-0.2, 0) is 65.4 Å². The highest BCUT2D eigenvalue weighted by Gasteiger charge is 2.30. The molecular formula is C73H142O17P2. The van der Waals surface area contributed by atoms with Crippen LogP contribution >= 0.6 is 15.6 Å². The van der Waals surface area contributed by atoms with Gasteiger partial charge in [-0.1, -0.05) is 318 Å². The van der Waals surface area contributed by atoms with Crippen molar-refractivity contribution < 1.29 is 80.2 Å². The Hall–Kier alpha value is -1.94. The summed E-state index contributed by atoms with van der Waals surface area (Å²) in [5.41, 5.74) is 0. The third-order valence-corrected chi connectivity index (χ3v) is 19.5. The molecule has 0 aromatic carbocycles. The number of phosphoric acid groups is 2. The van der Waals surface area contributed by atoms with Crippen molar-refractivity contribution in [2.45, 2.75) is 388 Å². The minimum atomic E-state index is -4.96. The number of aliphatic hydroxyl groups excluding tert-OH is 1. The van der Waals surface area contributed by atoms with Crippen molar-refractivity contribution in [1.82, 2.24) is 0 Å². The van der Waals surface area contributed by atoms with E-state index >= 15 is 0 Å². The van der Waals surface area contributed by atoms with Gasteiger partial charge in [-0.2, -0.15) is 0 Å². The first-order valence-corrected chi connectivity index (χ1v) is 40.9. The lowest BCUT2D eigenvalue weighted by Crippen LogP contribution is -2.30. The number of phosphoric ester groups is 2. The average molecular weight is 1350 g/mol. The molecule has 0 fully saturated rings. The maximum absolute atomic E-state index is 13.1. The maximum atomic E-state index is 13.1. The van der Waals surface area contributed by atoms with Crippen LogP contribution in [0, 0.1) is 17.8 Å². The van der Waals surface area contributed by atoms with E-state index in [0.29, 0.717) is 25.7 Å². The van der Waals surface area contributed by atoms with Gasteiger partial charge in [-0.05, 0) is 43.4 Å². The first-order valence-electron chi connectivity index (χ1n) is 37.9. The van der Waals surface area contributed by atoms with Gasteiger partial charge >= 0.3 is 39.5 Å². The van der Waals surface area contributed by atoms with Crippen molar-refractivity contribution in [3.05, 3.63) is 0 Å². The van der Waals surface area contributed by atoms with E-state index in [4.69, 9.17) is 37.0 Å². The Bertz CT molecular complexity index is 1810. The number of ether oxygens (including phenoxy) is 4. The van der Waals surface area contributed by atoms with Gasteiger partial charge in [-0.25, -0.2) is 9.13 Å². The van der Waals surface area contributed by atoms with Gasteiger partial charge in [-0.15, -0.1) is 0 Å². The number of carbonyl (C=O) groups excluding carboxylic acids is 4. The number of carbonyl (C=O) groups is 4. The fourth-order valence-corrected chi connectivity index (χ4v) is 12.6. The van der Waals surface area contributed by atoms with E-state index in [1.165, 1.54) is 180 Å². The van der Waals surface area contributed by atoms with Crippen LogP contribution in [-0.4, -0.2) is 96.7 Å². The van der Waals surface area contributed by atoms with Crippen LogP contribution in [0.1, 0.15) is 370 Å². The van der Waals surface area contributed by atoms with E-state index in [-0.39, 0.29) is 25.7 Å². The molecule has 0 radical (unpaired) electrons. The van der Waals surface area contributed by atoms with Crippen LogP contribution in [0.2, 0.25) is 0 Å². The molecule has 0 heterocycles. The van der Waals surface area contributed by atoms with Crippen molar-refractivity contribution in [1.29, 1.82) is 0 Å². The van der Waals surface area contributed by atoms with Crippen LogP contribution in [0.25, 0.3) is 0 Å². The summed E-state index contributed by atoms with van der Waals surface area (Å²) in [7, 11) is -9.91. The summed E-state index contributed by atoms with van der Waals surface area (Å²) in [6.07, 6.45) is 48.3. The van der Waals surface area contributed by atoms with Crippen LogP contribution in [0.15, 0.2) is 0 Å². The summed E-state index contributed by atoms with van der Waals surface area (Å²) in [6, 6.07) is 0. The third kappa shape index (κ3) is 64.1. The summed E-state index contributed by atoms with van der Waals surface area (Å²) < 4.78 is 68.4. The van der Waals surface area contributed by atoms with E-state index in [1.807, 2.05) is 0 Å². The summed E-state index contributed by atoms with van der Waals surface area (Å²) in [6.45, 7) is 11.9. The highest BCUT2D eigenvalue weighted by Crippen LogP contribution is 2.45. The largest absolute Gasteiger partial charge is 0.472 e. The molecule has 3 N–H and O–H groups in total. The SMILES string of the molecule is CCCCCCCCCCCCCCCC(=O)O[C@H](COC(=O)CCCCCCCCCCC(C)C)COP(=O)(O)OC[C@H](O)COP(=O)(O)OC[C@@H](COC(=O)CCCCCCCCCCCCC(C)CC)OC(=O)CCCCCCCCCCCCC(C)CC. The van der Waals surface area contributed by atoms with Crippen molar-refractivity contribution >= 4 is 39.5 Å². The van der Waals surface area contributed by atoms with Gasteiger partial charge < -0.3 is 33.8 Å². The van der Waals surface area contributed by atoms with Gasteiger partial charge in [0.25, 0.3) is 0 Å². The molecule has 0 aliphatic rings. The number of hydrogen-bond acceptors (Lipinski definition) is 15. The highest BCUT2D eigenvalue weighted by molar-refractivity contribution is 7.47. The van der Waals surface area contributed by atoms with Crippen LogP contribution < -0.4 is 0 Å². The standard InChI is InChI=1S/C73H142O17P2/c1-8-11-12-13-14-15-16-17-18-26-35-42-49-56-72(77)89-69(61-84-71(76)55-48-41-34-29-28-30-37-44-51-64(4)5)63-88-92(81,82)86-59-67(74)58-85-91(79,80)87-62-68(90-73(78)57-50-43-36-27-22-20-24-32-39-46-53-66(7)10-3)60-83-70(75)54-47-40-33-25-21-19-23-31-38-45-52-65(6)9-2/h64-69,74H,8-63H2,1-7H3,(H,79,80)(H,81,82)/t65?,66?,67-,68-,69-/m1/s1. The second kappa shape index (κ2) is 63.8. The summed E-state index contributed by atoms with van der Waals surface area (Å²) in [4.78, 5) is 72.7. The minimum Gasteiger partial charge on any atom is -0.462 e. The molecule has 0 saturated heterocycles. The van der Waals surface area contributed by atoms with E-state index in [2.05, 4.69) is 48.5 Å². The summed E-state index contributed by atoms with van der Waals surface area (Å²) in [5, 5.41) is 10.6. The molecule has 546 valence electrons. The lowest BCUT2D eigenvalue weighted by molar-refractivity contribution is -0.161. The molecule has 0 aliphatic heterocycles. The number of hydrogen-bond donors (Lipinski definition) is 3. The lowest BCUT2D eigenvalue weighted by atomic mass is 9.99. The molecule has 0 aromatic rings.